The lowest BCUT2D eigenvalue weighted by molar-refractivity contribution is 0.415. The van der Waals surface area contributed by atoms with Gasteiger partial charge in [0.15, 0.2) is 0 Å². The van der Waals surface area contributed by atoms with Gasteiger partial charge in [-0.1, -0.05) is 12.1 Å². The van der Waals surface area contributed by atoms with Crippen LogP contribution in [-0.4, -0.2) is 12.1 Å². The molecular weight excluding hydrogens is 330 g/mol. The zero-order chi connectivity index (χ0) is 14.8. The van der Waals surface area contributed by atoms with Crippen molar-refractivity contribution in [3.63, 3.8) is 0 Å². The number of para-hydroxylation sites is 1. The van der Waals surface area contributed by atoms with Crippen LogP contribution in [0.1, 0.15) is 0 Å². The minimum Gasteiger partial charge on any atom is -0.497 e. The van der Waals surface area contributed by atoms with Crippen molar-refractivity contribution in [1.82, 2.24) is 4.98 Å². The number of anilines is 3. The Balaban J connectivity index is 2.06. The van der Waals surface area contributed by atoms with E-state index in [9.17, 15) is 0 Å². The molecule has 0 aliphatic heterocycles. The molecule has 0 unspecified atom stereocenters. The van der Waals surface area contributed by atoms with E-state index in [2.05, 4.69) is 26.2 Å². The van der Waals surface area contributed by atoms with E-state index in [1.165, 1.54) is 0 Å². The first-order chi connectivity index (χ1) is 10.2. The first-order valence-corrected chi connectivity index (χ1v) is 7.21. The molecule has 0 amide bonds. The number of fused-ring (bicyclic) bond motifs is 1. The summed E-state index contributed by atoms with van der Waals surface area (Å²) >= 11 is 3.43. The fourth-order valence-corrected chi connectivity index (χ4v) is 2.50. The largest absolute Gasteiger partial charge is 0.497 e. The lowest BCUT2D eigenvalue weighted by atomic mass is 10.1. The molecule has 0 aliphatic rings. The normalized spacial score (nSPS) is 10.6. The lowest BCUT2D eigenvalue weighted by Crippen LogP contribution is -1.98. The maximum Gasteiger partial charge on any atom is 0.121 e. The number of rotatable bonds is 3. The maximum absolute atomic E-state index is 6.01. The minimum absolute atomic E-state index is 0.657. The number of ether oxygens (including phenoxy) is 1. The van der Waals surface area contributed by atoms with E-state index in [0.29, 0.717) is 5.69 Å². The maximum atomic E-state index is 6.01. The van der Waals surface area contributed by atoms with Gasteiger partial charge < -0.3 is 15.8 Å². The summed E-state index contributed by atoms with van der Waals surface area (Å²) in [6, 6.07) is 13.5. The molecule has 3 aromatic rings. The number of halogens is 1. The van der Waals surface area contributed by atoms with Crippen molar-refractivity contribution in [3.05, 3.63) is 53.1 Å². The second-order valence-electron chi connectivity index (χ2n) is 4.61. The predicted molar refractivity (Wildman–Crippen MR) is 90.1 cm³/mol. The summed E-state index contributed by atoms with van der Waals surface area (Å²) < 4.78 is 6.19. The number of nitrogen functional groups attached to an aromatic ring is 1. The van der Waals surface area contributed by atoms with Crippen molar-refractivity contribution in [2.24, 2.45) is 0 Å². The van der Waals surface area contributed by atoms with Gasteiger partial charge in [-0.05, 0) is 40.2 Å². The Kier molecular flexibility index (Phi) is 3.66. The number of hydrogen-bond donors (Lipinski definition) is 2. The molecule has 3 rings (SSSR count). The highest BCUT2D eigenvalue weighted by atomic mass is 79.9. The summed E-state index contributed by atoms with van der Waals surface area (Å²) in [7, 11) is 1.63. The molecule has 4 nitrogen and oxygen atoms in total. The highest BCUT2D eigenvalue weighted by Gasteiger charge is 2.06. The molecule has 5 heteroatoms. The SMILES string of the molecule is COc1ccc(N)c(Nc2cccc3cc(Br)cnc23)c1. The second-order valence-corrected chi connectivity index (χ2v) is 5.52. The van der Waals surface area contributed by atoms with Crippen LogP contribution in [0.4, 0.5) is 17.1 Å². The average Bonchev–Trinajstić information content (AvgIpc) is 2.49. The monoisotopic (exact) mass is 343 g/mol. The molecule has 0 atom stereocenters. The Hall–Kier alpha value is -2.27. The van der Waals surface area contributed by atoms with Crippen molar-refractivity contribution in [3.8, 4) is 5.75 Å². The van der Waals surface area contributed by atoms with E-state index < -0.39 is 0 Å². The number of pyridine rings is 1. The molecule has 1 heterocycles. The number of nitrogens with two attached hydrogens (primary N) is 1. The molecule has 0 fully saturated rings. The van der Waals surface area contributed by atoms with Crippen LogP contribution < -0.4 is 15.8 Å². The van der Waals surface area contributed by atoms with Crippen molar-refractivity contribution < 1.29 is 4.74 Å². The summed E-state index contributed by atoms with van der Waals surface area (Å²) in [6.45, 7) is 0. The molecule has 0 saturated heterocycles. The van der Waals surface area contributed by atoms with Gasteiger partial charge in [0.2, 0.25) is 0 Å². The molecule has 0 spiro atoms. The van der Waals surface area contributed by atoms with Crippen LogP contribution in [0.3, 0.4) is 0 Å². The first-order valence-electron chi connectivity index (χ1n) is 6.42. The quantitative estimate of drug-likeness (QED) is 0.694. The molecule has 106 valence electrons. The number of nitrogens with zero attached hydrogens (tertiary/aromatic N) is 1. The van der Waals surface area contributed by atoms with Crippen LogP contribution in [0.5, 0.6) is 5.75 Å². The summed E-state index contributed by atoms with van der Waals surface area (Å²) in [5, 5.41) is 4.38. The first kappa shape index (κ1) is 13.7. The highest BCUT2D eigenvalue weighted by molar-refractivity contribution is 9.10. The highest BCUT2D eigenvalue weighted by Crippen LogP contribution is 2.31. The van der Waals surface area contributed by atoms with Crippen LogP contribution >= 0.6 is 15.9 Å². The van der Waals surface area contributed by atoms with Gasteiger partial charge in [-0.15, -0.1) is 0 Å². The molecule has 1 aromatic heterocycles. The van der Waals surface area contributed by atoms with Crippen molar-refractivity contribution in [2.75, 3.05) is 18.2 Å². The standard InChI is InChI=1S/C16H14BrN3O/c1-21-12-5-6-13(18)15(8-12)20-14-4-2-3-10-7-11(17)9-19-16(10)14/h2-9,20H,18H2,1H3. The van der Waals surface area contributed by atoms with Gasteiger partial charge >= 0.3 is 0 Å². The van der Waals surface area contributed by atoms with E-state index in [0.717, 1.165) is 32.5 Å². The topological polar surface area (TPSA) is 60.2 Å². The fraction of sp³-hybridized carbons (Fsp3) is 0.0625. The van der Waals surface area contributed by atoms with Crippen LogP contribution in [0.25, 0.3) is 10.9 Å². The number of hydrogen-bond acceptors (Lipinski definition) is 4. The molecule has 2 aromatic carbocycles. The Morgan fingerprint density at radius 3 is 2.81 bits per heavy atom. The summed E-state index contributed by atoms with van der Waals surface area (Å²) in [5.41, 5.74) is 9.26. The molecular formula is C16H14BrN3O. The smallest absolute Gasteiger partial charge is 0.121 e. The predicted octanol–water partition coefficient (Wildman–Crippen LogP) is 4.33. The molecule has 0 aliphatic carbocycles. The third-order valence-corrected chi connectivity index (χ3v) is 3.64. The Bertz CT molecular complexity index is 805. The van der Waals surface area contributed by atoms with Crippen molar-refractivity contribution in [2.45, 2.75) is 0 Å². The molecule has 21 heavy (non-hydrogen) atoms. The van der Waals surface area contributed by atoms with Gasteiger partial charge in [0.25, 0.3) is 0 Å². The van der Waals surface area contributed by atoms with Gasteiger partial charge in [-0.2, -0.15) is 0 Å². The number of aromatic nitrogens is 1. The van der Waals surface area contributed by atoms with Crippen LogP contribution in [0, 0.1) is 0 Å². The zero-order valence-electron chi connectivity index (χ0n) is 11.4. The van der Waals surface area contributed by atoms with E-state index >= 15 is 0 Å². The Morgan fingerprint density at radius 1 is 1.14 bits per heavy atom. The number of benzene rings is 2. The summed E-state index contributed by atoms with van der Waals surface area (Å²) in [6.07, 6.45) is 1.78. The van der Waals surface area contributed by atoms with Gasteiger partial charge in [-0.3, -0.25) is 4.98 Å². The van der Waals surface area contributed by atoms with Crippen LogP contribution in [0.2, 0.25) is 0 Å². The third kappa shape index (κ3) is 2.78. The third-order valence-electron chi connectivity index (χ3n) is 3.21. The van der Waals surface area contributed by atoms with Crippen molar-refractivity contribution >= 4 is 43.9 Å². The zero-order valence-corrected chi connectivity index (χ0v) is 13.0. The van der Waals surface area contributed by atoms with E-state index in [-0.39, 0.29) is 0 Å². The molecule has 0 radical (unpaired) electrons. The van der Waals surface area contributed by atoms with Crippen molar-refractivity contribution in [1.29, 1.82) is 0 Å². The van der Waals surface area contributed by atoms with Gasteiger partial charge in [-0.25, -0.2) is 0 Å². The van der Waals surface area contributed by atoms with Gasteiger partial charge in [0.05, 0.1) is 29.7 Å². The average molecular weight is 344 g/mol. The minimum atomic E-state index is 0.657. The molecule has 0 saturated carbocycles. The van der Waals surface area contributed by atoms with Crippen LogP contribution in [-0.2, 0) is 0 Å². The summed E-state index contributed by atoms with van der Waals surface area (Å²) in [4.78, 5) is 4.47. The number of nitrogens with one attached hydrogen (secondary N) is 1. The summed E-state index contributed by atoms with van der Waals surface area (Å²) in [5.74, 6) is 0.752. The van der Waals surface area contributed by atoms with E-state index in [1.54, 1.807) is 13.3 Å². The van der Waals surface area contributed by atoms with Gasteiger partial charge in [0, 0.05) is 22.1 Å². The van der Waals surface area contributed by atoms with E-state index in [4.69, 9.17) is 10.5 Å². The molecule has 0 bridgehead atoms. The Morgan fingerprint density at radius 2 is 2.00 bits per heavy atom. The Labute approximate surface area is 131 Å². The van der Waals surface area contributed by atoms with Crippen LogP contribution in [0.15, 0.2) is 53.1 Å². The second kappa shape index (κ2) is 5.61. The van der Waals surface area contributed by atoms with Gasteiger partial charge in [0.1, 0.15) is 5.75 Å². The fourth-order valence-electron chi connectivity index (χ4n) is 2.15. The molecule has 3 N–H and O–H groups in total. The van der Waals surface area contributed by atoms with E-state index in [1.807, 2.05) is 42.5 Å². The number of methoxy groups -OCH3 is 1. The lowest BCUT2D eigenvalue weighted by Gasteiger charge is -2.12.